The van der Waals surface area contributed by atoms with Crippen molar-refractivity contribution < 1.29 is 13.2 Å². The molecule has 0 bridgehead atoms. The molecule has 1 fully saturated rings. The summed E-state index contributed by atoms with van der Waals surface area (Å²) >= 11 is 6.02. The number of hydrogen-bond donors (Lipinski definition) is 1. The molecule has 3 nitrogen and oxygen atoms in total. The van der Waals surface area contributed by atoms with Gasteiger partial charge in [-0.1, -0.05) is 24.9 Å². The molecule has 0 aliphatic carbocycles. The Morgan fingerprint density at radius 1 is 1.48 bits per heavy atom. The second kappa shape index (κ2) is 6.40. The van der Waals surface area contributed by atoms with Crippen LogP contribution < -0.4 is 10.6 Å². The van der Waals surface area contributed by atoms with Crippen LogP contribution in [0, 0.1) is 5.92 Å². The number of halogens is 4. The third-order valence-corrected chi connectivity index (χ3v) is 4.37. The van der Waals surface area contributed by atoms with E-state index >= 15 is 0 Å². The maximum absolute atomic E-state index is 12.6. The van der Waals surface area contributed by atoms with Crippen molar-refractivity contribution in [2.75, 3.05) is 18.0 Å². The van der Waals surface area contributed by atoms with Gasteiger partial charge in [0.2, 0.25) is 0 Å². The Labute approximate surface area is 127 Å². The summed E-state index contributed by atoms with van der Waals surface area (Å²) in [6, 6.07) is 1.01. The molecule has 0 radical (unpaired) electrons. The smallest absolute Gasteiger partial charge is 0.351 e. The largest absolute Gasteiger partial charge is 0.417 e. The highest BCUT2D eigenvalue weighted by atomic mass is 35.5. The van der Waals surface area contributed by atoms with Crippen molar-refractivity contribution in [3.8, 4) is 0 Å². The van der Waals surface area contributed by atoms with Crippen LogP contribution in [0.3, 0.4) is 0 Å². The molecule has 1 aliphatic rings. The van der Waals surface area contributed by atoms with E-state index in [4.69, 9.17) is 17.3 Å². The fraction of sp³-hybridized carbons (Fsp3) is 0.643. The first-order chi connectivity index (χ1) is 9.86. The van der Waals surface area contributed by atoms with Gasteiger partial charge in [-0.25, -0.2) is 4.98 Å². The van der Waals surface area contributed by atoms with Crippen molar-refractivity contribution in [3.63, 3.8) is 0 Å². The summed E-state index contributed by atoms with van der Waals surface area (Å²) in [5.41, 5.74) is 4.97. The van der Waals surface area contributed by atoms with Crippen LogP contribution in [0.25, 0.3) is 0 Å². The molecule has 1 aromatic heterocycles. The Kier molecular flexibility index (Phi) is 4.99. The SMILES string of the molecule is CCC1CCN(c2ncc(C(F)(F)F)cc2Cl)C(CN)C1. The first kappa shape index (κ1) is 16.4. The maximum atomic E-state index is 12.6. The third kappa shape index (κ3) is 3.61. The molecule has 2 atom stereocenters. The van der Waals surface area contributed by atoms with Crippen LogP contribution in [-0.4, -0.2) is 24.1 Å². The molecule has 1 aliphatic heterocycles. The topological polar surface area (TPSA) is 42.2 Å². The van der Waals surface area contributed by atoms with Crippen LogP contribution in [0.1, 0.15) is 31.7 Å². The van der Waals surface area contributed by atoms with Gasteiger partial charge >= 0.3 is 6.18 Å². The highest BCUT2D eigenvalue weighted by Gasteiger charge is 2.33. The van der Waals surface area contributed by atoms with Crippen LogP contribution >= 0.6 is 11.6 Å². The lowest BCUT2D eigenvalue weighted by Crippen LogP contribution is -2.47. The van der Waals surface area contributed by atoms with Crippen molar-refractivity contribution >= 4 is 17.4 Å². The number of aromatic nitrogens is 1. The molecular formula is C14H19ClF3N3. The lowest BCUT2D eigenvalue weighted by Gasteiger charge is -2.40. The molecular weight excluding hydrogens is 303 g/mol. The third-order valence-electron chi connectivity index (χ3n) is 4.09. The van der Waals surface area contributed by atoms with Crippen LogP contribution in [0.5, 0.6) is 0 Å². The summed E-state index contributed by atoms with van der Waals surface area (Å²) in [5.74, 6) is 0.998. The lowest BCUT2D eigenvalue weighted by atomic mass is 9.89. The van der Waals surface area contributed by atoms with Gasteiger partial charge in [-0.2, -0.15) is 13.2 Å². The lowest BCUT2D eigenvalue weighted by molar-refractivity contribution is -0.137. The minimum absolute atomic E-state index is 0.0261. The summed E-state index contributed by atoms with van der Waals surface area (Å²) in [5, 5.41) is 0.0261. The van der Waals surface area contributed by atoms with Crippen molar-refractivity contribution in [3.05, 3.63) is 22.8 Å². The van der Waals surface area contributed by atoms with Crippen LogP contribution in [-0.2, 0) is 6.18 Å². The molecule has 0 spiro atoms. The molecule has 2 unspecified atom stereocenters. The summed E-state index contributed by atoms with van der Waals surface area (Å²) in [4.78, 5) is 5.87. The molecule has 1 saturated heterocycles. The quantitative estimate of drug-likeness (QED) is 0.923. The zero-order chi connectivity index (χ0) is 15.6. The average Bonchev–Trinajstić information content (AvgIpc) is 2.45. The Morgan fingerprint density at radius 2 is 2.19 bits per heavy atom. The Balaban J connectivity index is 2.25. The van der Waals surface area contributed by atoms with Crippen molar-refractivity contribution in [1.82, 2.24) is 4.98 Å². The van der Waals surface area contributed by atoms with E-state index in [9.17, 15) is 13.2 Å². The fourth-order valence-electron chi connectivity index (χ4n) is 2.80. The van der Waals surface area contributed by atoms with Gasteiger partial charge in [0.05, 0.1) is 10.6 Å². The molecule has 2 N–H and O–H groups in total. The summed E-state index contributed by atoms with van der Waals surface area (Å²) < 4.78 is 37.9. The molecule has 118 valence electrons. The predicted molar refractivity (Wildman–Crippen MR) is 77.5 cm³/mol. The molecule has 7 heteroatoms. The zero-order valence-corrected chi connectivity index (χ0v) is 12.6. The molecule has 0 amide bonds. The monoisotopic (exact) mass is 321 g/mol. The molecule has 21 heavy (non-hydrogen) atoms. The minimum atomic E-state index is -4.43. The number of nitrogens with zero attached hydrogens (tertiary/aromatic N) is 2. The van der Waals surface area contributed by atoms with E-state index < -0.39 is 11.7 Å². The minimum Gasteiger partial charge on any atom is -0.351 e. The Bertz CT molecular complexity index is 493. The number of piperidine rings is 1. The molecule has 2 rings (SSSR count). The average molecular weight is 322 g/mol. The summed E-state index contributed by atoms with van der Waals surface area (Å²) in [7, 11) is 0. The number of hydrogen-bond acceptors (Lipinski definition) is 3. The van der Waals surface area contributed by atoms with E-state index in [1.165, 1.54) is 0 Å². The first-order valence-electron chi connectivity index (χ1n) is 7.06. The van der Waals surface area contributed by atoms with Gasteiger partial charge in [0.1, 0.15) is 5.82 Å². The van der Waals surface area contributed by atoms with E-state index in [1.807, 2.05) is 4.90 Å². The van der Waals surface area contributed by atoms with Crippen LogP contribution in [0.15, 0.2) is 12.3 Å². The molecule has 1 aromatic rings. The van der Waals surface area contributed by atoms with Crippen molar-refractivity contribution in [1.29, 1.82) is 0 Å². The first-order valence-corrected chi connectivity index (χ1v) is 7.44. The second-order valence-corrected chi connectivity index (χ2v) is 5.82. The normalized spacial score (nSPS) is 23.4. The number of rotatable bonds is 3. The molecule has 0 saturated carbocycles. The van der Waals surface area contributed by atoms with E-state index in [1.54, 1.807) is 0 Å². The fourth-order valence-corrected chi connectivity index (χ4v) is 3.08. The zero-order valence-electron chi connectivity index (χ0n) is 11.8. The van der Waals surface area contributed by atoms with E-state index in [0.717, 1.165) is 38.1 Å². The van der Waals surface area contributed by atoms with Gasteiger partial charge in [0, 0.05) is 25.3 Å². The number of alkyl halides is 3. The summed E-state index contributed by atoms with van der Waals surface area (Å²) in [6.45, 7) is 3.30. The van der Waals surface area contributed by atoms with Crippen molar-refractivity contribution in [2.24, 2.45) is 11.7 Å². The molecule has 0 aromatic carbocycles. The van der Waals surface area contributed by atoms with E-state index in [-0.39, 0.29) is 11.1 Å². The van der Waals surface area contributed by atoms with Crippen LogP contribution in [0.4, 0.5) is 19.0 Å². The highest BCUT2D eigenvalue weighted by molar-refractivity contribution is 6.33. The van der Waals surface area contributed by atoms with Gasteiger partial charge in [-0.15, -0.1) is 0 Å². The Hall–Kier alpha value is -1.01. The van der Waals surface area contributed by atoms with E-state index in [2.05, 4.69) is 11.9 Å². The van der Waals surface area contributed by atoms with Gasteiger partial charge in [0.15, 0.2) is 0 Å². The van der Waals surface area contributed by atoms with Gasteiger partial charge < -0.3 is 10.6 Å². The van der Waals surface area contributed by atoms with E-state index in [0.29, 0.717) is 18.3 Å². The highest BCUT2D eigenvalue weighted by Crippen LogP contribution is 2.36. The Morgan fingerprint density at radius 3 is 2.71 bits per heavy atom. The number of nitrogens with two attached hydrogens (primary N) is 1. The summed E-state index contributed by atoms with van der Waals surface area (Å²) in [6.07, 6.45) is -0.616. The number of anilines is 1. The maximum Gasteiger partial charge on any atom is 0.417 e. The molecule has 2 heterocycles. The second-order valence-electron chi connectivity index (χ2n) is 5.41. The van der Waals surface area contributed by atoms with Gasteiger partial charge in [-0.05, 0) is 24.8 Å². The van der Waals surface area contributed by atoms with Gasteiger partial charge in [0.25, 0.3) is 0 Å². The van der Waals surface area contributed by atoms with Gasteiger partial charge in [-0.3, -0.25) is 0 Å². The van der Waals surface area contributed by atoms with Crippen LogP contribution in [0.2, 0.25) is 5.02 Å². The van der Waals surface area contributed by atoms with Crippen molar-refractivity contribution in [2.45, 2.75) is 38.4 Å². The predicted octanol–water partition coefficient (Wildman–Crippen LogP) is 3.71. The number of pyridine rings is 1. The standard InChI is InChI=1S/C14H19ClF3N3/c1-2-9-3-4-21(11(5-9)7-19)13-12(15)6-10(8-20-13)14(16,17)18/h6,8-9,11H,2-5,7,19H2,1H3.